The quantitative estimate of drug-likeness (QED) is 0.918. The van der Waals surface area contributed by atoms with E-state index < -0.39 is 0 Å². The summed E-state index contributed by atoms with van der Waals surface area (Å²) in [5, 5.41) is 3.26. The van der Waals surface area contributed by atoms with Crippen molar-refractivity contribution >= 4 is 28.6 Å². The maximum Gasteiger partial charge on any atom is 0.323 e. The van der Waals surface area contributed by atoms with Gasteiger partial charge in [0.1, 0.15) is 5.82 Å². The van der Waals surface area contributed by atoms with E-state index in [1.165, 1.54) is 11.5 Å². The first-order chi connectivity index (χ1) is 10.5. The van der Waals surface area contributed by atoms with Gasteiger partial charge in [0, 0.05) is 37.7 Å². The van der Waals surface area contributed by atoms with Crippen molar-refractivity contribution in [1.82, 2.24) is 19.2 Å². The number of carbonyl (C=O) groups is 2. The maximum atomic E-state index is 12.4. The number of rotatable bonds is 4. The molecule has 2 heterocycles. The van der Waals surface area contributed by atoms with Crippen molar-refractivity contribution < 1.29 is 9.59 Å². The summed E-state index contributed by atoms with van der Waals surface area (Å²) in [5.41, 5.74) is 0. The van der Waals surface area contributed by atoms with Crippen LogP contribution in [0.2, 0.25) is 0 Å². The number of hydrogen-bond acceptors (Lipinski definition) is 5. The molecule has 0 spiro atoms. The van der Waals surface area contributed by atoms with E-state index in [0.717, 1.165) is 12.8 Å². The van der Waals surface area contributed by atoms with E-state index in [9.17, 15) is 9.59 Å². The average Bonchev–Trinajstić information content (AvgIpc) is 2.93. The van der Waals surface area contributed by atoms with Crippen molar-refractivity contribution in [2.75, 3.05) is 31.5 Å². The molecule has 2 rings (SSSR count). The lowest BCUT2D eigenvalue weighted by Gasteiger charge is -2.34. The van der Waals surface area contributed by atoms with Crippen molar-refractivity contribution in [1.29, 1.82) is 0 Å². The highest BCUT2D eigenvalue weighted by Crippen LogP contribution is 2.20. The molecule has 3 amide bonds. The molecule has 1 aliphatic rings. The van der Waals surface area contributed by atoms with Crippen LogP contribution in [0.4, 0.5) is 9.93 Å². The number of urea groups is 1. The van der Waals surface area contributed by atoms with Gasteiger partial charge in [-0.15, -0.1) is 0 Å². The summed E-state index contributed by atoms with van der Waals surface area (Å²) in [6.45, 7) is 8.31. The summed E-state index contributed by atoms with van der Waals surface area (Å²) in [6.07, 6.45) is 1.69. The zero-order chi connectivity index (χ0) is 16.1. The Hall–Kier alpha value is -1.70. The van der Waals surface area contributed by atoms with Gasteiger partial charge >= 0.3 is 6.03 Å². The first-order valence-electron chi connectivity index (χ1n) is 7.70. The highest BCUT2D eigenvalue weighted by atomic mass is 32.1. The molecule has 1 fully saturated rings. The molecular formula is C14H23N5O2S. The first-order valence-corrected chi connectivity index (χ1v) is 8.47. The highest BCUT2D eigenvalue weighted by Gasteiger charge is 2.30. The fraction of sp³-hybridized carbons (Fsp3) is 0.714. The predicted octanol–water partition coefficient (Wildman–Crippen LogP) is 1.96. The van der Waals surface area contributed by atoms with Crippen LogP contribution in [0.5, 0.6) is 0 Å². The van der Waals surface area contributed by atoms with Gasteiger partial charge in [-0.05, 0) is 33.6 Å². The van der Waals surface area contributed by atoms with E-state index in [-0.39, 0.29) is 17.9 Å². The fourth-order valence-corrected chi connectivity index (χ4v) is 3.24. The lowest BCUT2D eigenvalue weighted by molar-refractivity contribution is -0.136. The number of nitrogens with one attached hydrogen (secondary N) is 1. The molecule has 8 heteroatoms. The molecular weight excluding hydrogens is 302 g/mol. The Morgan fingerprint density at radius 3 is 2.73 bits per heavy atom. The Morgan fingerprint density at radius 1 is 1.41 bits per heavy atom. The molecule has 1 aromatic rings. The third-order valence-electron chi connectivity index (χ3n) is 3.87. The number of aryl methyl sites for hydroxylation is 1. The molecule has 1 saturated heterocycles. The van der Waals surface area contributed by atoms with Crippen LogP contribution in [0.3, 0.4) is 0 Å². The minimum atomic E-state index is -0.201. The summed E-state index contributed by atoms with van der Waals surface area (Å²) >= 11 is 1.17. The minimum absolute atomic E-state index is 0.101. The number of carbonyl (C=O) groups excluding carboxylic acids is 2. The normalized spacial score (nSPS) is 18.1. The van der Waals surface area contributed by atoms with Crippen LogP contribution in [0, 0.1) is 12.8 Å². The zero-order valence-corrected chi connectivity index (χ0v) is 14.2. The number of hydrogen-bond donors (Lipinski definition) is 1. The van der Waals surface area contributed by atoms with E-state index in [4.69, 9.17) is 0 Å². The van der Waals surface area contributed by atoms with Gasteiger partial charge in [-0.1, -0.05) is 0 Å². The molecule has 0 aliphatic carbocycles. The standard InChI is InChI=1S/C14H23N5O2S/c1-4-18(5-2)12(20)11-7-6-8-19(9-11)14(21)16-13-15-10(3)17-22-13/h11H,4-9H2,1-3H3,(H,15,16,17,21). The fourth-order valence-electron chi connectivity index (χ4n) is 2.68. The van der Waals surface area contributed by atoms with E-state index in [1.54, 1.807) is 11.8 Å². The number of amides is 3. The molecule has 0 aromatic carbocycles. The van der Waals surface area contributed by atoms with Gasteiger partial charge in [-0.3, -0.25) is 10.1 Å². The smallest absolute Gasteiger partial charge is 0.323 e. The average molecular weight is 325 g/mol. The van der Waals surface area contributed by atoms with E-state index in [0.29, 0.717) is 37.1 Å². The number of likely N-dealkylation sites (tertiary alicyclic amines) is 1. The van der Waals surface area contributed by atoms with Crippen molar-refractivity contribution in [3.8, 4) is 0 Å². The molecule has 1 N–H and O–H groups in total. The number of aromatic nitrogens is 2. The molecule has 1 aromatic heterocycles. The Morgan fingerprint density at radius 2 is 2.14 bits per heavy atom. The molecule has 0 radical (unpaired) electrons. The Balaban J connectivity index is 1.95. The zero-order valence-electron chi connectivity index (χ0n) is 13.3. The Bertz CT molecular complexity index is 529. The second kappa shape index (κ2) is 7.53. The number of nitrogens with zero attached hydrogens (tertiary/aromatic N) is 4. The molecule has 122 valence electrons. The summed E-state index contributed by atoms with van der Waals surface area (Å²) in [5.74, 6) is 0.693. The second-order valence-corrected chi connectivity index (χ2v) is 6.12. The van der Waals surface area contributed by atoms with E-state index in [1.807, 2.05) is 18.7 Å². The number of anilines is 1. The van der Waals surface area contributed by atoms with E-state index >= 15 is 0 Å². The van der Waals surface area contributed by atoms with Crippen LogP contribution < -0.4 is 5.32 Å². The SMILES string of the molecule is CCN(CC)C(=O)C1CCCN(C(=O)Nc2nc(C)ns2)C1. The lowest BCUT2D eigenvalue weighted by Crippen LogP contribution is -2.47. The van der Waals surface area contributed by atoms with Crippen LogP contribution >= 0.6 is 11.5 Å². The van der Waals surface area contributed by atoms with Crippen molar-refractivity contribution in [2.24, 2.45) is 5.92 Å². The second-order valence-electron chi connectivity index (χ2n) is 5.37. The summed E-state index contributed by atoms with van der Waals surface area (Å²) in [7, 11) is 0. The van der Waals surface area contributed by atoms with Gasteiger partial charge in [0.25, 0.3) is 0 Å². The molecule has 1 aliphatic heterocycles. The van der Waals surface area contributed by atoms with Crippen LogP contribution in [-0.4, -0.2) is 57.3 Å². The van der Waals surface area contributed by atoms with Crippen molar-refractivity contribution in [3.05, 3.63) is 5.82 Å². The Labute approximate surface area is 134 Å². The monoisotopic (exact) mass is 325 g/mol. The summed E-state index contributed by atoms with van der Waals surface area (Å²) in [6, 6.07) is -0.201. The largest absolute Gasteiger partial charge is 0.343 e. The van der Waals surface area contributed by atoms with Gasteiger partial charge in [0.2, 0.25) is 11.0 Å². The molecule has 0 saturated carbocycles. The van der Waals surface area contributed by atoms with Crippen LogP contribution in [0.25, 0.3) is 0 Å². The third-order valence-corrected chi connectivity index (χ3v) is 4.60. The van der Waals surface area contributed by atoms with Gasteiger partial charge in [0.05, 0.1) is 5.92 Å². The van der Waals surface area contributed by atoms with Gasteiger partial charge in [-0.25, -0.2) is 9.78 Å². The molecule has 22 heavy (non-hydrogen) atoms. The van der Waals surface area contributed by atoms with Gasteiger partial charge < -0.3 is 9.80 Å². The van der Waals surface area contributed by atoms with E-state index in [2.05, 4.69) is 14.7 Å². The van der Waals surface area contributed by atoms with Crippen molar-refractivity contribution in [2.45, 2.75) is 33.6 Å². The third kappa shape index (κ3) is 3.94. The van der Waals surface area contributed by atoms with Gasteiger partial charge in [0.15, 0.2) is 0 Å². The van der Waals surface area contributed by atoms with Gasteiger partial charge in [-0.2, -0.15) is 4.37 Å². The van der Waals surface area contributed by atoms with Crippen LogP contribution in [-0.2, 0) is 4.79 Å². The molecule has 1 unspecified atom stereocenters. The maximum absolute atomic E-state index is 12.4. The van der Waals surface area contributed by atoms with Crippen LogP contribution in [0.1, 0.15) is 32.5 Å². The number of piperidine rings is 1. The highest BCUT2D eigenvalue weighted by molar-refractivity contribution is 7.09. The summed E-state index contributed by atoms with van der Waals surface area (Å²) < 4.78 is 4.04. The summed E-state index contributed by atoms with van der Waals surface area (Å²) in [4.78, 5) is 32.4. The topological polar surface area (TPSA) is 78.4 Å². The van der Waals surface area contributed by atoms with Crippen LogP contribution in [0.15, 0.2) is 0 Å². The lowest BCUT2D eigenvalue weighted by atomic mass is 9.96. The molecule has 0 bridgehead atoms. The molecule has 1 atom stereocenters. The first kappa shape index (κ1) is 16.7. The minimum Gasteiger partial charge on any atom is -0.343 e. The van der Waals surface area contributed by atoms with Crippen molar-refractivity contribution in [3.63, 3.8) is 0 Å². The predicted molar refractivity (Wildman–Crippen MR) is 85.9 cm³/mol. The Kier molecular flexibility index (Phi) is 5.70. The molecule has 7 nitrogen and oxygen atoms in total.